The molecule has 2 aromatic carbocycles. The molecule has 1 heterocycles. The van der Waals surface area contributed by atoms with E-state index in [1.165, 1.54) is 14.2 Å². The molecule has 0 bridgehead atoms. The van der Waals surface area contributed by atoms with E-state index in [0.29, 0.717) is 33.5 Å². The number of nitrogens with zero attached hydrogens (tertiary/aromatic N) is 1. The first kappa shape index (κ1) is 17.8. The lowest BCUT2D eigenvalue weighted by molar-refractivity contribution is 0.0463. The van der Waals surface area contributed by atoms with Crippen LogP contribution in [0.25, 0.3) is 11.3 Å². The van der Waals surface area contributed by atoms with E-state index < -0.39 is 5.97 Å². The summed E-state index contributed by atoms with van der Waals surface area (Å²) in [4.78, 5) is 12.3. The molecule has 7 heteroatoms. The van der Waals surface area contributed by atoms with E-state index in [9.17, 15) is 4.79 Å². The zero-order valence-corrected chi connectivity index (χ0v) is 14.9. The van der Waals surface area contributed by atoms with Gasteiger partial charge < -0.3 is 18.7 Å². The molecule has 26 heavy (non-hydrogen) atoms. The average molecular weight is 374 g/mol. The summed E-state index contributed by atoms with van der Waals surface area (Å²) in [6.45, 7) is -0.0184. The van der Waals surface area contributed by atoms with Gasteiger partial charge in [-0.15, -0.1) is 0 Å². The monoisotopic (exact) mass is 373 g/mol. The van der Waals surface area contributed by atoms with Crippen LogP contribution in [0.5, 0.6) is 11.5 Å². The van der Waals surface area contributed by atoms with Gasteiger partial charge >= 0.3 is 5.97 Å². The van der Waals surface area contributed by atoms with Crippen molar-refractivity contribution in [3.05, 3.63) is 64.8 Å². The lowest BCUT2D eigenvalue weighted by Crippen LogP contribution is -2.06. The maximum Gasteiger partial charge on any atom is 0.338 e. The van der Waals surface area contributed by atoms with Gasteiger partial charge in [-0.2, -0.15) is 0 Å². The fourth-order valence-electron chi connectivity index (χ4n) is 2.28. The smallest absolute Gasteiger partial charge is 0.338 e. The zero-order chi connectivity index (χ0) is 18.5. The highest BCUT2D eigenvalue weighted by molar-refractivity contribution is 6.30. The fraction of sp³-hybridized carbons (Fsp3) is 0.158. The van der Waals surface area contributed by atoms with Crippen LogP contribution in [0.2, 0.25) is 5.02 Å². The molecular formula is C19H16ClNO5. The van der Waals surface area contributed by atoms with Gasteiger partial charge in [0.25, 0.3) is 0 Å². The van der Waals surface area contributed by atoms with Gasteiger partial charge in [-0.3, -0.25) is 0 Å². The molecule has 0 atom stereocenters. The van der Waals surface area contributed by atoms with E-state index in [1.807, 2.05) is 12.1 Å². The van der Waals surface area contributed by atoms with Crippen molar-refractivity contribution in [3.63, 3.8) is 0 Å². The lowest BCUT2D eigenvalue weighted by atomic mass is 10.1. The number of hydrogen-bond donors (Lipinski definition) is 0. The Morgan fingerprint density at radius 3 is 2.31 bits per heavy atom. The van der Waals surface area contributed by atoms with Gasteiger partial charge in [-0.05, 0) is 36.4 Å². The van der Waals surface area contributed by atoms with Crippen molar-refractivity contribution in [1.82, 2.24) is 5.16 Å². The van der Waals surface area contributed by atoms with E-state index in [2.05, 4.69) is 5.16 Å². The van der Waals surface area contributed by atoms with Crippen molar-refractivity contribution in [2.45, 2.75) is 6.61 Å². The standard InChI is InChI=1S/C19H16ClNO5/c1-23-16-7-13(8-17(10-16)24-2)19(22)25-11-15-9-18(26-21-15)12-3-5-14(20)6-4-12/h3-10H,11H2,1-2H3. The molecule has 0 aliphatic heterocycles. The summed E-state index contributed by atoms with van der Waals surface area (Å²) in [5, 5.41) is 4.55. The molecule has 0 aliphatic rings. The number of aromatic nitrogens is 1. The predicted octanol–water partition coefficient (Wildman–Crippen LogP) is 4.37. The zero-order valence-electron chi connectivity index (χ0n) is 14.2. The summed E-state index contributed by atoms with van der Waals surface area (Å²) in [6, 6.07) is 13.7. The lowest BCUT2D eigenvalue weighted by Gasteiger charge is -2.08. The Bertz CT molecular complexity index is 882. The van der Waals surface area contributed by atoms with Crippen LogP contribution in [0.15, 0.2) is 53.1 Å². The van der Waals surface area contributed by atoms with E-state index >= 15 is 0 Å². The normalized spacial score (nSPS) is 10.4. The van der Waals surface area contributed by atoms with E-state index in [-0.39, 0.29) is 6.61 Å². The van der Waals surface area contributed by atoms with Gasteiger partial charge in [0.05, 0.1) is 19.8 Å². The van der Waals surface area contributed by atoms with Crippen molar-refractivity contribution in [3.8, 4) is 22.8 Å². The third-order valence-corrected chi connectivity index (χ3v) is 3.88. The highest BCUT2D eigenvalue weighted by atomic mass is 35.5. The van der Waals surface area contributed by atoms with E-state index in [0.717, 1.165) is 5.56 Å². The number of hydrogen-bond acceptors (Lipinski definition) is 6. The van der Waals surface area contributed by atoms with Crippen LogP contribution in [0.1, 0.15) is 16.1 Å². The van der Waals surface area contributed by atoms with Crippen LogP contribution in [-0.4, -0.2) is 25.3 Å². The van der Waals surface area contributed by atoms with Gasteiger partial charge in [0.2, 0.25) is 0 Å². The van der Waals surface area contributed by atoms with E-state index in [1.54, 1.807) is 36.4 Å². The minimum Gasteiger partial charge on any atom is -0.497 e. The summed E-state index contributed by atoms with van der Waals surface area (Å²) in [7, 11) is 3.02. The average Bonchev–Trinajstić information content (AvgIpc) is 3.15. The Morgan fingerprint density at radius 2 is 1.69 bits per heavy atom. The van der Waals surface area contributed by atoms with E-state index in [4.69, 9.17) is 30.3 Å². The van der Waals surface area contributed by atoms with Crippen LogP contribution in [-0.2, 0) is 11.3 Å². The summed E-state index contributed by atoms with van der Waals surface area (Å²) in [6.07, 6.45) is 0. The van der Waals surface area contributed by atoms with Crippen molar-refractivity contribution in [2.75, 3.05) is 14.2 Å². The molecule has 0 aliphatic carbocycles. The van der Waals surface area contributed by atoms with Crippen molar-refractivity contribution < 1.29 is 23.5 Å². The molecule has 0 unspecified atom stereocenters. The maximum absolute atomic E-state index is 12.3. The van der Waals surface area contributed by atoms with Crippen molar-refractivity contribution >= 4 is 17.6 Å². The number of methoxy groups -OCH3 is 2. The van der Waals surface area contributed by atoms with Crippen molar-refractivity contribution in [1.29, 1.82) is 0 Å². The molecule has 0 saturated carbocycles. The SMILES string of the molecule is COc1cc(OC)cc(C(=O)OCc2cc(-c3ccc(Cl)cc3)on2)c1. The first-order valence-electron chi connectivity index (χ1n) is 7.71. The number of ether oxygens (including phenoxy) is 3. The Morgan fingerprint density at radius 1 is 1.04 bits per heavy atom. The molecule has 134 valence electrons. The molecular weight excluding hydrogens is 358 g/mol. The van der Waals surface area contributed by atoms with Gasteiger partial charge in [-0.25, -0.2) is 4.79 Å². The second-order valence-electron chi connectivity index (χ2n) is 5.37. The number of halogens is 1. The maximum atomic E-state index is 12.3. The quantitative estimate of drug-likeness (QED) is 0.597. The summed E-state index contributed by atoms with van der Waals surface area (Å²) in [5.74, 6) is 1.06. The van der Waals surface area contributed by atoms with Crippen molar-refractivity contribution in [2.24, 2.45) is 0 Å². The third kappa shape index (κ3) is 4.15. The van der Waals surface area contributed by atoms with Crippen LogP contribution in [0, 0.1) is 0 Å². The van der Waals surface area contributed by atoms with Crippen LogP contribution in [0.4, 0.5) is 0 Å². The molecule has 3 rings (SSSR count). The fourth-order valence-corrected chi connectivity index (χ4v) is 2.40. The second-order valence-corrected chi connectivity index (χ2v) is 5.80. The molecule has 0 saturated heterocycles. The number of carbonyl (C=O) groups excluding carboxylic acids is 1. The topological polar surface area (TPSA) is 70.8 Å². The van der Waals surface area contributed by atoms with Gasteiger partial charge in [0, 0.05) is 22.7 Å². The molecule has 0 spiro atoms. The highest BCUT2D eigenvalue weighted by Gasteiger charge is 2.13. The number of rotatable bonds is 6. The van der Waals surface area contributed by atoms with Gasteiger partial charge in [0.15, 0.2) is 5.76 Å². The molecule has 0 radical (unpaired) electrons. The Labute approximate surface area is 155 Å². The molecule has 0 amide bonds. The largest absolute Gasteiger partial charge is 0.497 e. The number of carbonyl (C=O) groups is 1. The first-order chi connectivity index (χ1) is 12.6. The number of esters is 1. The first-order valence-corrected chi connectivity index (χ1v) is 8.08. The highest BCUT2D eigenvalue weighted by Crippen LogP contribution is 2.24. The second kappa shape index (κ2) is 7.93. The Kier molecular flexibility index (Phi) is 5.43. The van der Waals surface area contributed by atoms with Crippen LogP contribution >= 0.6 is 11.6 Å². The van der Waals surface area contributed by atoms with Crippen LogP contribution in [0.3, 0.4) is 0 Å². The molecule has 0 N–H and O–H groups in total. The Balaban J connectivity index is 1.67. The minimum atomic E-state index is -0.516. The number of benzene rings is 2. The van der Waals surface area contributed by atoms with Crippen LogP contribution < -0.4 is 9.47 Å². The van der Waals surface area contributed by atoms with Gasteiger partial charge in [0.1, 0.15) is 23.8 Å². The van der Waals surface area contributed by atoms with Gasteiger partial charge in [-0.1, -0.05) is 16.8 Å². The minimum absolute atomic E-state index is 0.0184. The molecule has 0 fully saturated rings. The Hall–Kier alpha value is -2.99. The summed E-state index contributed by atoms with van der Waals surface area (Å²) in [5.41, 5.74) is 1.65. The predicted molar refractivity (Wildman–Crippen MR) is 95.6 cm³/mol. The third-order valence-electron chi connectivity index (χ3n) is 3.63. The molecule has 1 aromatic heterocycles. The summed E-state index contributed by atoms with van der Waals surface area (Å²) >= 11 is 5.87. The molecule has 6 nitrogen and oxygen atoms in total. The summed E-state index contributed by atoms with van der Waals surface area (Å²) < 4.78 is 20.9. The molecule has 3 aromatic rings.